The maximum atomic E-state index is 13.2. The Balaban J connectivity index is 2.45. The summed E-state index contributed by atoms with van der Waals surface area (Å²) in [4.78, 5) is 30.3. The van der Waals surface area contributed by atoms with Crippen molar-refractivity contribution in [1.82, 2.24) is 20.4 Å². The standard InChI is InChI=1S/C26H38N4O2/c1-7-29(5)19(3)25(31)27-23(21-15-11-9-12-16-21)24(22-17-13-10-14-18-22)28-26(32)20(4)30(6)8-2/h9-20,23-24H,7-8H2,1-6H3,(H,27,31)(H,28,32)/t19-,20-,23-,24-/m0/s1. The molecule has 0 aliphatic rings. The second-order valence-electron chi connectivity index (χ2n) is 8.29. The van der Waals surface area contributed by atoms with Crippen molar-refractivity contribution >= 4 is 11.8 Å². The highest BCUT2D eigenvalue weighted by atomic mass is 16.2. The van der Waals surface area contributed by atoms with E-state index in [4.69, 9.17) is 0 Å². The van der Waals surface area contributed by atoms with Crippen LogP contribution in [0.25, 0.3) is 0 Å². The van der Waals surface area contributed by atoms with Crippen LogP contribution in [-0.4, -0.2) is 60.9 Å². The molecule has 0 saturated carbocycles. The number of hydrogen-bond acceptors (Lipinski definition) is 4. The highest BCUT2D eigenvalue weighted by Gasteiger charge is 2.31. The van der Waals surface area contributed by atoms with E-state index >= 15 is 0 Å². The van der Waals surface area contributed by atoms with E-state index in [9.17, 15) is 9.59 Å². The van der Waals surface area contributed by atoms with Crippen molar-refractivity contribution in [3.63, 3.8) is 0 Å². The molecule has 6 nitrogen and oxygen atoms in total. The van der Waals surface area contributed by atoms with Gasteiger partial charge in [0.15, 0.2) is 0 Å². The fourth-order valence-corrected chi connectivity index (χ4v) is 3.53. The van der Waals surface area contributed by atoms with Crippen LogP contribution in [0.2, 0.25) is 0 Å². The van der Waals surface area contributed by atoms with Crippen LogP contribution in [0, 0.1) is 0 Å². The number of carbonyl (C=O) groups is 2. The van der Waals surface area contributed by atoms with Gasteiger partial charge in [-0.25, -0.2) is 0 Å². The van der Waals surface area contributed by atoms with Crippen molar-refractivity contribution in [1.29, 1.82) is 0 Å². The van der Waals surface area contributed by atoms with Gasteiger partial charge in [0.05, 0.1) is 24.2 Å². The summed E-state index contributed by atoms with van der Waals surface area (Å²) in [6.45, 7) is 9.38. The summed E-state index contributed by atoms with van der Waals surface area (Å²) in [5, 5.41) is 6.45. The fourth-order valence-electron chi connectivity index (χ4n) is 3.53. The van der Waals surface area contributed by atoms with E-state index in [1.165, 1.54) is 0 Å². The zero-order valence-corrected chi connectivity index (χ0v) is 20.2. The van der Waals surface area contributed by atoms with Crippen LogP contribution in [-0.2, 0) is 9.59 Å². The molecular weight excluding hydrogens is 400 g/mol. The largest absolute Gasteiger partial charge is 0.346 e. The van der Waals surface area contributed by atoms with Gasteiger partial charge in [-0.15, -0.1) is 0 Å². The van der Waals surface area contributed by atoms with Crippen LogP contribution < -0.4 is 10.6 Å². The third-order valence-corrected chi connectivity index (χ3v) is 6.33. The summed E-state index contributed by atoms with van der Waals surface area (Å²) in [5.74, 6) is -0.144. The highest BCUT2D eigenvalue weighted by molar-refractivity contribution is 5.83. The van der Waals surface area contributed by atoms with Crippen molar-refractivity contribution in [3.8, 4) is 0 Å². The van der Waals surface area contributed by atoms with Gasteiger partial charge in [-0.2, -0.15) is 0 Å². The molecule has 32 heavy (non-hydrogen) atoms. The molecule has 6 heteroatoms. The lowest BCUT2D eigenvalue weighted by Crippen LogP contribution is -2.50. The van der Waals surface area contributed by atoms with Gasteiger partial charge < -0.3 is 10.6 Å². The van der Waals surface area contributed by atoms with Gasteiger partial charge in [-0.05, 0) is 52.2 Å². The Morgan fingerprint density at radius 1 is 0.688 bits per heavy atom. The first kappa shape index (κ1) is 25.6. The Morgan fingerprint density at radius 2 is 1.00 bits per heavy atom. The number of nitrogens with zero attached hydrogens (tertiary/aromatic N) is 2. The van der Waals surface area contributed by atoms with E-state index in [2.05, 4.69) is 10.6 Å². The quantitative estimate of drug-likeness (QED) is 0.565. The minimum atomic E-state index is -0.415. The Hall–Kier alpha value is -2.70. The van der Waals surface area contributed by atoms with Gasteiger partial charge >= 0.3 is 0 Å². The first-order chi connectivity index (χ1) is 15.3. The van der Waals surface area contributed by atoms with Gasteiger partial charge in [-0.3, -0.25) is 19.4 Å². The maximum absolute atomic E-state index is 13.2. The van der Waals surface area contributed by atoms with Gasteiger partial charge in [0.1, 0.15) is 0 Å². The van der Waals surface area contributed by atoms with E-state index in [0.29, 0.717) is 0 Å². The predicted octanol–water partition coefficient (Wildman–Crippen LogP) is 3.38. The third-order valence-electron chi connectivity index (χ3n) is 6.33. The smallest absolute Gasteiger partial charge is 0.237 e. The van der Waals surface area contributed by atoms with Crippen molar-refractivity contribution < 1.29 is 9.59 Å². The number of nitrogens with one attached hydrogen (secondary N) is 2. The number of rotatable bonds is 11. The summed E-state index contributed by atoms with van der Waals surface area (Å²) in [6, 6.07) is 18.3. The minimum Gasteiger partial charge on any atom is -0.346 e. The number of amides is 2. The molecule has 0 aliphatic carbocycles. The molecule has 0 saturated heterocycles. The molecule has 0 radical (unpaired) electrons. The Labute approximate surface area is 193 Å². The topological polar surface area (TPSA) is 64.7 Å². The second-order valence-corrected chi connectivity index (χ2v) is 8.29. The number of carbonyl (C=O) groups excluding carboxylic acids is 2. The number of hydrogen-bond donors (Lipinski definition) is 2. The van der Waals surface area contributed by atoms with Gasteiger partial charge in [0, 0.05) is 0 Å². The van der Waals surface area contributed by atoms with Crippen LogP contribution in [0.15, 0.2) is 60.7 Å². The Bertz CT molecular complexity index is 772. The number of likely N-dealkylation sites (N-methyl/N-ethyl adjacent to an activating group) is 2. The van der Waals surface area contributed by atoms with Crippen molar-refractivity contribution in [2.24, 2.45) is 0 Å². The molecule has 0 unspecified atom stereocenters. The second kappa shape index (κ2) is 12.4. The molecule has 0 heterocycles. The Morgan fingerprint density at radius 3 is 1.28 bits per heavy atom. The molecule has 0 bridgehead atoms. The van der Waals surface area contributed by atoms with Crippen molar-refractivity contribution in [2.75, 3.05) is 27.2 Å². The molecule has 0 spiro atoms. The van der Waals surface area contributed by atoms with E-state index in [-0.39, 0.29) is 23.9 Å². The minimum absolute atomic E-state index is 0.0721. The van der Waals surface area contributed by atoms with E-state index < -0.39 is 12.1 Å². The Kier molecular flexibility index (Phi) is 9.88. The fraction of sp³-hybridized carbons (Fsp3) is 0.462. The van der Waals surface area contributed by atoms with Gasteiger partial charge in [-0.1, -0.05) is 74.5 Å². The molecule has 0 aliphatic heterocycles. The normalized spacial score (nSPS) is 15.1. The predicted molar refractivity (Wildman–Crippen MR) is 130 cm³/mol. The molecule has 2 aromatic carbocycles. The zero-order valence-electron chi connectivity index (χ0n) is 20.2. The summed E-state index contributed by atoms with van der Waals surface area (Å²) < 4.78 is 0. The van der Waals surface area contributed by atoms with Crippen LogP contribution in [0.5, 0.6) is 0 Å². The summed E-state index contributed by atoms with van der Waals surface area (Å²) in [6.07, 6.45) is 0. The molecule has 174 valence electrons. The lowest BCUT2D eigenvalue weighted by atomic mass is 9.92. The molecule has 0 aromatic heterocycles. The zero-order chi connectivity index (χ0) is 23.7. The number of benzene rings is 2. The van der Waals surface area contributed by atoms with Crippen LogP contribution in [0.1, 0.15) is 50.9 Å². The highest BCUT2D eigenvalue weighted by Crippen LogP contribution is 2.29. The van der Waals surface area contributed by atoms with Gasteiger partial charge in [0.2, 0.25) is 11.8 Å². The third kappa shape index (κ3) is 6.65. The molecule has 0 fully saturated rings. The maximum Gasteiger partial charge on any atom is 0.237 e. The summed E-state index contributed by atoms with van der Waals surface area (Å²) >= 11 is 0. The van der Waals surface area contributed by atoms with Crippen LogP contribution >= 0.6 is 0 Å². The first-order valence-electron chi connectivity index (χ1n) is 11.4. The molecule has 4 atom stereocenters. The molecule has 2 rings (SSSR count). The van der Waals surface area contributed by atoms with E-state index in [1.807, 2.05) is 112 Å². The average Bonchev–Trinajstić information content (AvgIpc) is 2.84. The molecule has 2 aromatic rings. The summed E-state index contributed by atoms with van der Waals surface area (Å²) in [5.41, 5.74) is 1.88. The lowest BCUT2D eigenvalue weighted by molar-refractivity contribution is -0.129. The average molecular weight is 439 g/mol. The van der Waals surface area contributed by atoms with E-state index in [1.54, 1.807) is 0 Å². The molecular formula is C26H38N4O2. The van der Waals surface area contributed by atoms with Crippen LogP contribution in [0.3, 0.4) is 0 Å². The monoisotopic (exact) mass is 438 g/mol. The van der Waals surface area contributed by atoms with Crippen LogP contribution in [0.4, 0.5) is 0 Å². The van der Waals surface area contributed by atoms with E-state index in [0.717, 1.165) is 24.2 Å². The SMILES string of the molecule is CCN(C)[C@@H](C)C(=O)N[C@@H](c1ccccc1)[C@@H](NC(=O)[C@H](C)N(C)CC)c1ccccc1. The summed E-state index contributed by atoms with van der Waals surface area (Å²) in [7, 11) is 3.86. The first-order valence-corrected chi connectivity index (χ1v) is 11.4. The lowest BCUT2D eigenvalue weighted by Gasteiger charge is -2.33. The van der Waals surface area contributed by atoms with Crippen molar-refractivity contribution in [3.05, 3.63) is 71.8 Å². The van der Waals surface area contributed by atoms with Gasteiger partial charge in [0.25, 0.3) is 0 Å². The van der Waals surface area contributed by atoms with Crippen molar-refractivity contribution in [2.45, 2.75) is 51.9 Å². The molecule has 2 amide bonds. The molecule has 2 N–H and O–H groups in total.